The molecule has 1 N–H and O–H groups in total. The normalized spacial score (nSPS) is 12.1. The molecule has 0 fully saturated rings. The third-order valence-corrected chi connectivity index (χ3v) is 3.01. The second-order valence-electron chi connectivity index (χ2n) is 4.25. The molecule has 112 valence electrons. The van der Waals surface area contributed by atoms with Gasteiger partial charge >= 0.3 is 0 Å². The lowest BCUT2D eigenvalue weighted by atomic mass is 10.3. The summed E-state index contributed by atoms with van der Waals surface area (Å²) in [5, 5.41) is 9.50. The molecule has 0 spiro atoms. The Morgan fingerprint density at radius 2 is 2.25 bits per heavy atom. The summed E-state index contributed by atoms with van der Waals surface area (Å²) in [6, 6.07) is 4.31. The fourth-order valence-corrected chi connectivity index (χ4v) is 1.84. The molecule has 7 heteroatoms. The van der Waals surface area contributed by atoms with Crippen LogP contribution in [0.5, 0.6) is 5.75 Å². The number of hydrogen-bond donors (Lipinski definition) is 1. The minimum Gasteiger partial charge on any atom is -0.481 e. The molecule has 0 bridgehead atoms. The third kappa shape index (κ3) is 5.44. The van der Waals surface area contributed by atoms with Gasteiger partial charge in [-0.3, -0.25) is 4.79 Å². The number of ether oxygens (including phenoxy) is 2. The molecule has 0 saturated carbocycles. The van der Waals surface area contributed by atoms with Crippen molar-refractivity contribution in [3.63, 3.8) is 0 Å². The van der Waals surface area contributed by atoms with E-state index in [0.29, 0.717) is 4.47 Å². The van der Waals surface area contributed by atoms with E-state index >= 15 is 0 Å². The maximum atomic E-state index is 13.5. The van der Waals surface area contributed by atoms with Crippen molar-refractivity contribution in [3.8, 4) is 5.75 Å². The number of hydrogen-bond acceptors (Lipinski definition) is 4. The average molecular weight is 350 g/mol. The van der Waals surface area contributed by atoms with Crippen molar-refractivity contribution in [2.24, 2.45) is 0 Å². The molecule has 1 aromatic carbocycles. The first-order valence-corrected chi connectivity index (χ1v) is 6.72. The van der Waals surface area contributed by atoms with Crippen molar-refractivity contribution in [3.05, 3.63) is 28.5 Å². The zero-order valence-electron chi connectivity index (χ0n) is 11.3. The number of likely N-dealkylation sites (N-methyl/N-ethyl adjacent to an activating group) is 1. The maximum absolute atomic E-state index is 13.5. The van der Waals surface area contributed by atoms with E-state index in [1.54, 1.807) is 6.07 Å². The van der Waals surface area contributed by atoms with Crippen LogP contribution < -0.4 is 4.74 Å². The highest BCUT2D eigenvalue weighted by molar-refractivity contribution is 9.10. The van der Waals surface area contributed by atoms with Crippen LogP contribution in [0.3, 0.4) is 0 Å². The van der Waals surface area contributed by atoms with E-state index in [2.05, 4.69) is 15.9 Å². The van der Waals surface area contributed by atoms with Crippen LogP contribution in [0.25, 0.3) is 0 Å². The van der Waals surface area contributed by atoms with Crippen molar-refractivity contribution in [1.82, 2.24) is 4.90 Å². The third-order valence-electron chi connectivity index (χ3n) is 2.51. The van der Waals surface area contributed by atoms with Crippen LogP contribution in [0.2, 0.25) is 0 Å². The second-order valence-corrected chi connectivity index (χ2v) is 5.16. The monoisotopic (exact) mass is 349 g/mol. The van der Waals surface area contributed by atoms with E-state index in [0.717, 1.165) is 0 Å². The lowest BCUT2D eigenvalue weighted by Gasteiger charge is -2.20. The number of methoxy groups -OCH3 is 1. The first-order valence-electron chi connectivity index (χ1n) is 5.93. The summed E-state index contributed by atoms with van der Waals surface area (Å²) < 4.78 is 24.0. The van der Waals surface area contributed by atoms with Crippen molar-refractivity contribution < 1.29 is 23.8 Å². The van der Waals surface area contributed by atoms with Crippen LogP contribution in [-0.2, 0) is 9.53 Å². The van der Waals surface area contributed by atoms with E-state index in [-0.39, 0.29) is 31.4 Å². The number of carbonyl (C=O) groups excluding carboxylic acids is 1. The van der Waals surface area contributed by atoms with Gasteiger partial charge in [0.2, 0.25) is 0 Å². The average Bonchev–Trinajstić information content (AvgIpc) is 2.37. The predicted octanol–water partition coefficient (Wildman–Crippen LogP) is 1.43. The number of amides is 1. The number of carbonyl (C=O) groups is 1. The van der Waals surface area contributed by atoms with E-state index in [1.165, 1.54) is 31.2 Å². The van der Waals surface area contributed by atoms with Crippen molar-refractivity contribution in [1.29, 1.82) is 0 Å². The Kier molecular flexibility index (Phi) is 6.90. The zero-order chi connectivity index (χ0) is 15.1. The topological polar surface area (TPSA) is 59.0 Å². The lowest BCUT2D eigenvalue weighted by molar-refractivity contribution is -0.133. The van der Waals surface area contributed by atoms with Crippen LogP contribution in [0.4, 0.5) is 4.39 Å². The van der Waals surface area contributed by atoms with Crippen LogP contribution >= 0.6 is 15.9 Å². The summed E-state index contributed by atoms with van der Waals surface area (Å²) in [4.78, 5) is 13.1. The summed E-state index contributed by atoms with van der Waals surface area (Å²) in [5.41, 5.74) is 0. The van der Waals surface area contributed by atoms with Gasteiger partial charge in [0.1, 0.15) is 0 Å². The van der Waals surface area contributed by atoms with E-state index in [9.17, 15) is 14.3 Å². The molecule has 0 aliphatic carbocycles. The van der Waals surface area contributed by atoms with Crippen molar-refractivity contribution >= 4 is 21.8 Å². The largest absolute Gasteiger partial charge is 0.481 e. The quantitative estimate of drug-likeness (QED) is 0.809. The zero-order valence-corrected chi connectivity index (χ0v) is 12.9. The van der Waals surface area contributed by atoms with Crippen LogP contribution in [-0.4, -0.2) is 55.9 Å². The van der Waals surface area contributed by atoms with E-state index in [1.807, 2.05) is 0 Å². The smallest absolute Gasteiger partial charge is 0.260 e. The highest BCUT2D eigenvalue weighted by Crippen LogP contribution is 2.21. The molecule has 1 unspecified atom stereocenters. The second kappa shape index (κ2) is 8.18. The number of halogens is 2. The van der Waals surface area contributed by atoms with E-state index < -0.39 is 11.9 Å². The molecule has 0 saturated heterocycles. The molecule has 1 amide bonds. The Bertz CT molecular complexity index is 458. The molecule has 20 heavy (non-hydrogen) atoms. The summed E-state index contributed by atoms with van der Waals surface area (Å²) >= 11 is 3.13. The van der Waals surface area contributed by atoms with Gasteiger partial charge in [-0.15, -0.1) is 0 Å². The number of aliphatic hydroxyl groups is 1. The molecule has 0 heterocycles. The van der Waals surface area contributed by atoms with Crippen LogP contribution in [0, 0.1) is 5.82 Å². The minimum absolute atomic E-state index is 0.00684. The molecule has 5 nitrogen and oxygen atoms in total. The van der Waals surface area contributed by atoms with Crippen molar-refractivity contribution in [2.45, 2.75) is 6.10 Å². The minimum atomic E-state index is -0.765. The number of rotatable bonds is 7. The summed E-state index contributed by atoms with van der Waals surface area (Å²) in [6.07, 6.45) is -0.765. The number of nitrogens with zero attached hydrogens (tertiary/aromatic N) is 1. The van der Waals surface area contributed by atoms with Gasteiger partial charge in [-0.1, -0.05) is 15.9 Å². The Labute approximate surface area is 125 Å². The summed E-state index contributed by atoms with van der Waals surface area (Å²) in [6.45, 7) is -0.0343. The van der Waals surface area contributed by atoms with E-state index in [4.69, 9.17) is 9.47 Å². The van der Waals surface area contributed by atoms with Crippen molar-refractivity contribution in [2.75, 3.05) is 33.9 Å². The highest BCUT2D eigenvalue weighted by Gasteiger charge is 2.15. The molecule has 0 aromatic heterocycles. The SMILES string of the molecule is COCC(O)CN(C)C(=O)COc1ccc(Br)cc1F. The van der Waals surface area contributed by atoms with Crippen LogP contribution in [0.15, 0.2) is 22.7 Å². The van der Waals surface area contributed by atoms with Gasteiger partial charge in [-0.05, 0) is 18.2 Å². The summed E-state index contributed by atoms with van der Waals surface area (Å²) in [5.74, 6) is -0.899. The highest BCUT2D eigenvalue weighted by atomic mass is 79.9. The Morgan fingerprint density at radius 3 is 2.85 bits per heavy atom. The first kappa shape index (κ1) is 16.9. The van der Waals surface area contributed by atoms with Gasteiger partial charge in [-0.25, -0.2) is 4.39 Å². The first-order chi connectivity index (χ1) is 9.43. The van der Waals surface area contributed by atoms with Gasteiger partial charge < -0.3 is 19.5 Å². The molecule has 1 rings (SSSR count). The Hall–Kier alpha value is -1.18. The standard InChI is InChI=1S/C13H17BrFNO4/c1-16(6-10(17)7-19-2)13(18)8-20-12-4-3-9(14)5-11(12)15/h3-5,10,17H,6-8H2,1-2H3. The number of benzene rings is 1. The molecule has 1 aromatic rings. The molecule has 0 radical (unpaired) electrons. The Morgan fingerprint density at radius 1 is 1.55 bits per heavy atom. The van der Waals surface area contributed by atoms with Crippen LogP contribution in [0.1, 0.15) is 0 Å². The van der Waals surface area contributed by atoms with Gasteiger partial charge in [-0.2, -0.15) is 0 Å². The molecule has 1 atom stereocenters. The van der Waals surface area contributed by atoms with Gasteiger partial charge in [0.05, 0.1) is 12.7 Å². The van der Waals surface area contributed by atoms with Gasteiger partial charge in [0.15, 0.2) is 18.2 Å². The summed E-state index contributed by atoms with van der Waals surface area (Å²) in [7, 11) is 2.99. The molecular weight excluding hydrogens is 333 g/mol. The molecule has 0 aliphatic heterocycles. The molecular formula is C13H17BrFNO4. The lowest BCUT2D eigenvalue weighted by Crippen LogP contribution is -2.38. The van der Waals surface area contributed by atoms with Gasteiger partial charge in [0, 0.05) is 25.2 Å². The fourth-order valence-electron chi connectivity index (χ4n) is 1.50. The molecule has 0 aliphatic rings. The van der Waals surface area contributed by atoms with Gasteiger partial charge in [0.25, 0.3) is 5.91 Å². The maximum Gasteiger partial charge on any atom is 0.260 e. The fraction of sp³-hybridized carbons (Fsp3) is 0.462. The Balaban J connectivity index is 2.46. The number of aliphatic hydroxyl groups excluding tert-OH is 1. The predicted molar refractivity (Wildman–Crippen MR) is 75.1 cm³/mol.